The highest BCUT2D eigenvalue weighted by Crippen LogP contribution is 2.25. The Morgan fingerprint density at radius 3 is 2.67 bits per heavy atom. The van der Waals surface area contributed by atoms with E-state index in [0.717, 1.165) is 38.0 Å². The normalized spacial score (nSPS) is 17.7. The highest BCUT2D eigenvalue weighted by Gasteiger charge is 2.21. The zero-order valence-corrected chi connectivity index (χ0v) is 13.0. The van der Waals surface area contributed by atoms with Crippen molar-refractivity contribution in [2.75, 3.05) is 25.0 Å². The highest BCUT2D eigenvalue weighted by molar-refractivity contribution is 5.74. The van der Waals surface area contributed by atoms with Crippen LogP contribution in [0.1, 0.15) is 44.3 Å². The Labute approximate surface area is 126 Å². The molecule has 1 fully saturated rings. The van der Waals surface area contributed by atoms with E-state index in [4.69, 9.17) is 5.73 Å². The summed E-state index contributed by atoms with van der Waals surface area (Å²) >= 11 is 0. The number of carbonyl (C=O) groups is 1. The van der Waals surface area contributed by atoms with Crippen molar-refractivity contribution in [2.24, 2.45) is 11.7 Å². The zero-order chi connectivity index (χ0) is 15.2. The molecule has 5 nitrogen and oxygen atoms in total. The number of hydrogen-bond donors (Lipinski definition) is 2. The molecule has 0 bridgehead atoms. The monoisotopic (exact) mass is 290 g/mol. The Morgan fingerprint density at radius 2 is 2.19 bits per heavy atom. The molecule has 2 rings (SSSR count). The Morgan fingerprint density at radius 1 is 1.48 bits per heavy atom. The fraction of sp³-hybridized carbons (Fsp3) is 0.625. The van der Waals surface area contributed by atoms with Gasteiger partial charge in [-0.15, -0.1) is 0 Å². The molecule has 0 radical (unpaired) electrons. The molecule has 1 saturated heterocycles. The molecule has 1 aliphatic rings. The number of pyridine rings is 1. The van der Waals surface area contributed by atoms with E-state index >= 15 is 0 Å². The van der Waals surface area contributed by atoms with Crippen LogP contribution in [0, 0.1) is 5.92 Å². The van der Waals surface area contributed by atoms with Gasteiger partial charge in [0.05, 0.1) is 17.6 Å². The predicted molar refractivity (Wildman–Crippen MR) is 85.1 cm³/mol. The van der Waals surface area contributed by atoms with Gasteiger partial charge in [0, 0.05) is 25.6 Å². The number of nitrogens with one attached hydrogen (secondary N) is 1. The van der Waals surface area contributed by atoms with Crippen LogP contribution in [0.15, 0.2) is 18.3 Å². The number of nitrogens with zero attached hydrogens (tertiary/aromatic N) is 2. The van der Waals surface area contributed by atoms with Gasteiger partial charge >= 0.3 is 0 Å². The molecular formula is C16H26N4O. The summed E-state index contributed by atoms with van der Waals surface area (Å²) in [6.45, 7) is 4.10. The van der Waals surface area contributed by atoms with Crippen molar-refractivity contribution in [1.29, 1.82) is 0 Å². The molecule has 0 saturated carbocycles. The number of hydrogen-bond acceptors (Lipinski definition) is 4. The van der Waals surface area contributed by atoms with Crippen LogP contribution in [-0.2, 0) is 4.79 Å². The van der Waals surface area contributed by atoms with Crippen LogP contribution in [0.4, 0.5) is 5.69 Å². The van der Waals surface area contributed by atoms with Gasteiger partial charge in [0.25, 0.3) is 0 Å². The van der Waals surface area contributed by atoms with Crippen LogP contribution in [0.25, 0.3) is 0 Å². The molecule has 0 aliphatic carbocycles. The summed E-state index contributed by atoms with van der Waals surface area (Å²) in [5.74, 6) is 0.261. The molecule has 21 heavy (non-hydrogen) atoms. The number of anilines is 1. The maximum atomic E-state index is 11.0. The average molecular weight is 290 g/mol. The van der Waals surface area contributed by atoms with E-state index in [0.29, 0.717) is 18.4 Å². The van der Waals surface area contributed by atoms with E-state index in [-0.39, 0.29) is 5.91 Å². The second-order valence-electron chi connectivity index (χ2n) is 5.79. The van der Waals surface area contributed by atoms with E-state index in [1.54, 1.807) is 0 Å². The predicted octanol–water partition coefficient (Wildman–Crippen LogP) is 1.84. The third-order valence-electron chi connectivity index (χ3n) is 4.35. The number of amides is 1. The minimum absolute atomic E-state index is 0.183. The van der Waals surface area contributed by atoms with Gasteiger partial charge in [0.2, 0.25) is 5.91 Å². The number of primary amides is 1. The molecular weight excluding hydrogens is 264 g/mol. The first-order chi connectivity index (χ1) is 10.1. The van der Waals surface area contributed by atoms with Crippen LogP contribution in [0.2, 0.25) is 0 Å². The van der Waals surface area contributed by atoms with Crippen molar-refractivity contribution in [3.05, 3.63) is 24.0 Å². The van der Waals surface area contributed by atoms with Crippen LogP contribution >= 0.6 is 0 Å². The lowest BCUT2D eigenvalue weighted by molar-refractivity contribution is -0.119. The van der Waals surface area contributed by atoms with Crippen LogP contribution in [0.3, 0.4) is 0 Å². The number of nitrogens with two attached hydrogens (primary N) is 1. The van der Waals surface area contributed by atoms with Gasteiger partial charge in [0.1, 0.15) is 0 Å². The molecule has 1 aliphatic heterocycles. The van der Waals surface area contributed by atoms with Crippen LogP contribution in [-0.4, -0.2) is 31.0 Å². The largest absolute Gasteiger partial charge is 0.370 e. The van der Waals surface area contributed by atoms with Gasteiger partial charge < -0.3 is 16.0 Å². The lowest BCUT2D eigenvalue weighted by Crippen LogP contribution is -2.35. The quantitative estimate of drug-likeness (QED) is 0.838. The third kappa shape index (κ3) is 4.17. The minimum atomic E-state index is -0.183. The molecule has 116 valence electrons. The van der Waals surface area contributed by atoms with Crippen LogP contribution in [0.5, 0.6) is 0 Å². The lowest BCUT2D eigenvalue weighted by Gasteiger charge is -2.33. The van der Waals surface area contributed by atoms with Gasteiger partial charge in [-0.2, -0.15) is 0 Å². The second kappa shape index (κ2) is 7.41. The first kappa shape index (κ1) is 15.8. The fourth-order valence-corrected chi connectivity index (χ4v) is 3.03. The lowest BCUT2D eigenvalue weighted by atomic mass is 9.93. The van der Waals surface area contributed by atoms with Crippen molar-refractivity contribution < 1.29 is 4.79 Å². The van der Waals surface area contributed by atoms with Crippen molar-refractivity contribution in [3.8, 4) is 0 Å². The molecule has 1 unspecified atom stereocenters. The second-order valence-corrected chi connectivity index (χ2v) is 5.79. The average Bonchev–Trinajstić information content (AvgIpc) is 2.49. The highest BCUT2D eigenvalue weighted by atomic mass is 16.1. The maximum absolute atomic E-state index is 11.0. The number of rotatable bonds is 6. The first-order valence-electron chi connectivity index (χ1n) is 7.80. The standard InChI is InChI=1S/C16H26N4O/c1-3-14(18-2)15-5-4-13(11-19-15)20-8-6-12(7-9-20)10-16(17)21/h4-5,11-12,14,18H,3,6-10H2,1-2H3,(H2,17,21). The summed E-state index contributed by atoms with van der Waals surface area (Å²) < 4.78 is 0. The van der Waals surface area contributed by atoms with Crippen molar-refractivity contribution >= 4 is 11.6 Å². The Balaban J connectivity index is 1.93. The molecule has 2 heterocycles. The molecule has 1 aromatic rings. The van der Waals surface area contributed by atoms with Gasteiger partial charge in [-0.05, 0) is 44.4 Å². The number of carbonyl (C=O) groups excluding carboxylic acids is 1. The summed E-state index contributed by atoms with van der Waals surface area (Å²) in [5, 5.41) is 3.27. The Kier molecular flexibility index (Phi) is 5.56. The smallest absolute Gasteiger partial charge is 0.217 e. The number of piperidine rings is 1. The van der Waals surface area contributed by atoms with Gasteiger partial charge in [-0.25, -0.2) is 0 Å². The number of aromatic nitrogens is 1. The summed E-state index contributed by atoms with van der Waals surface area (Å²) in [5.41, 5.74) is 7.53. The Hall–Kier alpha value is -1.62. The van der Waals surface area contributed by atoms with Gasteiger partial charge in [0.15, 0.2) is 0 Å². The molecule has 0 spiro atoms. The maximum Gasteiger partial charge on any atom is 0.217 e. The SMILES string of the molecule is CCC(NC)c1ccc(N2CCC(CC(N)=O)CC2)cn1. The molecule has 1 aromatic heterocycles. The molecule has 1 amide bonds. The van der Waals surface area contributed by atoms with Crippen molar-refractivity contribution in [3.63, 3.8) is 0 Å². The summed E-state index contributed by atoms with van der Waals surface area (Å²) in [6, 6.07) is 4.58. The zero-order valence-electron chi connectivity index (χ0n) is 13.0. The van der Waals surface area contributed by atoms with Crippen molar-refractivity contribution in [1.82, 2.24) is 10.3 Å². The topological polar surface area (TPSA) is 71.2 Å². The molecule has 5 heteroatoms. The molecule has 0 aromatic carbocycles. The summed E-state index contributed by atoms with van der Waals surface area (Å²) in [4.78, 5) is 17.9. The first-order valence-corrected chi connectivity index (χ1v) is 7.80. The minimum Gasteiger partial charge on any atom is -0.370 e. The molecule has 3 N–H and O–H groups in total. The van der Waals surface area contributed by atoms with E-state index in [1.165, 1.54) is 5.69 Å². The van der Waals surface area contributed by atoms with E-state index in [2.05, 4.69) is 34.3 Å². The van der Waals surface area contributed by atoms with E-state index in [9.17, 15) is 4.79 Å². The van der Waals surface area contributed by atoms with Crippen LogP contribution < -0.4 is 16.0 Å². The van der Waals surface area contributed by atoms with Gasteiger partial charge in [-0.1, -0.05) is 6.92 Å². The Bertz CT molecular complexity index is 448. The third-order valence-corrected chi connectivity index (χ3v) is 4.35. The summed E-state index contributed by atoms with van der Waals surface area (Å²) in [6.07, 6.45) is 5.56. The van der Waals surface area contributed by atoms with E-state index < -0.39 is 0 Å². The van der Waals surface area contributed by atoms with Crippen molar-refractivity contribution in [2.45, 2.75) is 38.6 Å². The van der Waals surface area contributed by atoms with Gasteiger partial charge in [-0.3, -0.25) is 9.78 Å². The summed E-state index contributed by atoms with van der Waals surface area (Å²) in [7, 11) is 1.97. The molecule has 1 atom stereocenters. The van der Waals surface area contributed by atoms with E-state index in [1.807, 2.05) is 13.2 Å². The fourth-order valence-electron chi connectivity index (χ4n) is 3.03.